The van der Waals surface area contributed by atoms with E-state index in [-0.39, 0.29) is 23.3 Å². The summed E-state index contributed by atoms with van der Waals surface area (Å²) >= 11 is 1.07. The number of nitrogens with zero attached hydrogens (tertiary/aromatic N) is 5. The highest BCUT2D eigenvalue weighted by molar-refractivity contribution is 7.99. The van der Waals surface area contributed by atoms with E-state index >= 15 is 0 Å². The Morgan fingerprint density at radius 1 is 1.08 bits per heavy atom. The summed E-state index contributed by atoms with van der Waals surface area (Å²) in [7, 11) is 0. The highest BCUT2D eigenvalue weighted by Gasteiger charge is 2.13. The van der Waals surface area contributed by atoms with Gasteiger partial charge in [0.2, 0.25) is 11.1 Å². The van der Waals surface area contributed by atoms with Crippen LogP contribution in [-0.4, -0.2) is 37.7 Å². The summed E-state index contributed by atoms with van der Waals surface area (Å²) in [5.74, 6) is 6.54. The van der Waals surface area contributed by atoms with Crippen molar-refractivity contribution >= 4 is 41.2 Å². The number of nitrogen functional groups attached to an aromatic ring is 1. The van der Waals surface area contributed by atoms with E-state index in [9.17, 15) is 14.9 Å². The Morgan fingerprint density at radius 3 is 2.57 bits per heavy atom. The topological polar surface area (TPSA) is 163 Å². The minimum atomic E-state index is -0.510. The molecule has 0 spiro atoms. The SMILES string of the molecule is Nn1c(N/N=C/c2ccccc2OCc2ccccc2)nnc1SCC(=O)Nc1ccc([N+](=O)[O-])cc1. The van der Waals surface area contributed by atoms with Crippen molar-refractivity contribution < 1.29 is 14.5 Å². The quantitative estimate of drug-likeness (QED) is 0.0884. The zero-order valence-electron chi connectivity index (χ0n) is 19.4. The average Bonchev–Trinajstić information content (AvgIpc) is 3.26. The number of carbonyl (C=O) groups is 1. The highest BCUT2D eigenvalue weighted by Crippen LogP contribution is 2.20. The van der Waals surface area contributed by atoms with Crippen LogP contribution in [0, 0.1) is 10.1 Å². The first-order valence-electron chi connectivity index (χ1n) is 10.9. The molecule has 0 aliphatic carbocycles. The Hall–Kier alpha value is -4.91. The van der Waals surface area contributed by atoms with Gasteiger partial charge in [0.05, 0.1) is 16.9 Å². The summed E-state index contributed by atoms with van der Waals surface area (Å²) in [5, 5.41) is 25.8. The van der Waals surface area contributed by atoms with Crippen LogP contribution in [0.15, 0.2) is 89.1 Å². The second kappa shape index (κ2) is 12.2. The second-order valence-electron chi connectivity index (χ2n) is 7.50. The van der Waals surface area contributed by atoms with Gasteiger partial charge in [0.25, 0.3) is 11.6 Å². The van der Waals surface area contributed by atoms with Gasteiger partial charge in [0, 0.05) is 23.4 Å². The van der Waals surface area contributed by atoms with Gasteiger partial charge in [-0.05, 0) is 29.8 Å². The van der Waals surface area contributed by atoms with E-state index in [0.29, 0.717) is 23.2 Å². The number of ether oxygens (including phenoxy) is 1. The van der Waals surface area contributed by atoms with Crippen molar-refractivity contribution in [2.45, 2.75) is 11.8 Å². The van der Waals surface area contributed by atoms with Crippen LogP contribution in [0.4, 0.5) is 17.3 Å². The third-order valence-corrected chi connectivity index (χ3v) is 5.83. The molecule has 37 heavy (non-hydrogen) atoms. The molecule has 12 nitrogen and oxygen atoms in total. The van der Waals surface area contributed by atoms with E-state index in [2.05, 4.69) is 26.0 Å². The molecule has 1 heterocycles. The molecule has 0 unspecified atom stereocenters. The minimum Gasteiger partial charge on any atom is -0.488 e. The number of nitrogens with one attached hydrogen (secondary N) is 2. The first-order chi connectivity index (χ1) is 18.0. The number of non-ortho nitro benzene ring substituents is 1. The molecule has 1 aromatic heterocycles. The van der Waals surface area contributed by atoms with E-state index in [0.717, 1.165) is 22.9 Å². The number of hydrazone groups is 1. The molecule has 0 saturated carbocycles. The Balaban J connectivity index is 1.29. The maximum Gasteiger partial charge on any atom is 0.269 e. The number of nitrogens with two attached hydrogens (primary N) is 1. The van der Waals surface area contributed by atoms with Crippen LogP contribution < -0.4 is 21.3 Å². The van der Waals surface area contributed by atoms with Crippen LogP contribution in [0.3, 0.4) is 0 Å². The summed E-state index contributed by atoms with van der Waals surface area (Å²) in [4.78, 5) is 22.4. The molecule has 0 atom stereocenters. The predicted molar refractivity (Wildman–Crippen MR) is 141 cm³/mol. The van der Waals surface area contributed by atoms with Gasteiger partial charge in [0.1, 0.15) is 12.4 Å². The molecule has 0 aliphatic rings. The fourth-order valence-electron chi connectivity index (χ4n) is 3.06. The Bertz CT molecular complexity index is 1390. The van der Waals surface area contributed by atoms with Crippen LogP contribution in [0.25, 0.3) is 0 Å². The summed E-state index contributed by atoms with van der Waals surface area (Å²) in [6, 6.07) is 22.8. The van der Waals surface area contributed by atoms with Crippen LogP contribution in [-0.2, 0) is 11.4 Å². The smallest absolute Gasteiger partial charge is 0.269 e. The lowest BCUT2D eigenvalue weighted by Gasteiger charge is -2.09. The van der Waals surface area contributed by atoms with Gasteiger partial charge < -0.3 is 15.9 Å². The van der Waals surface area contributed by atoms with Crippen molar-refractivity contribution in [3.63, 3.8) is 0 Å². The van der Waals surface area contributed by atoms with Crippen LogP contribution in [0.1, 0.15) is 11.1 Å². The molecule has 3 aromatic carbocycles. The number of nitro groups is 1. The second-order valence-corrected chi connectivity index (χ2v) is 8.44. The molecule has 0 bridgehead atoms. The molecule has 0 fully saturated rings. The number of carbonyl (C=O) groups excluding carboxylic acids is 1. The number of rotatable bonds is 11. The Kier molecular flexibility index (Phi) is 8.29. The molecule has 4 N–H and O–H groups in total. The number of amides is 1. The van der Waals surface area contributed by atoms with Crippen LogP contribution >= 0.6 is 11.8 Å². The fourth-order valence-corrected chi connectivity index (χ4v) is 3.72. The number of aromatic nitrogens is 3. The summed E-state index contributed by atoms with van der Waals surface area (Å²) in [6.07, 6.45) is 1.58. The van der Waals surface area contributed by atoms with E-state index in [1.165, 1.54) is 28.9 Å². The number of hydrogen-bond donors (Lipinski definition) is 3. The maximum absolute atomic E-state index is 12.2. The van der Waals surface area contributed by atoms with E-state index in [4.69, 9.17) is 10.6 Å². The number of thioether (sulfide) groups is 1. The molecular formula is C24H22N8O4S. The van der Waals surface area contributed by atoms with E-state index in [1.54, 1.807) is 6.21 Å². The lowest BCUT2D eigenvalue weighted by Crippen LogP contribution is -2.16. The normalized spacial score (nSPS) is 10.8. The number of para-hydroxylation sites is 1. The predicted octanol–water partition coefficient (Wildman–Crippen LogP) is 3.66. The van der Waals surface area contributed by atoms with Crippen molar-refractivity contribution in [3.8, 4) is 5.75 Å². The molecule has 4 aromatic rings. The lowest BCUT2D eigenvalue weighted by atomic mass is 10.2. The van der Waals surface area contributed by atoms with Crippen molar-refractivity contribution in [1.82, 2.24) is 14.9 Å². The molecule has 0 saturated heterocycles. The van der Waals surface area contributed by atoms with Crippen LogP contribution in [0.5, 0.6) is 5.75 Å². The third-order valence-electron chi connectivity index (χ3n) is 4.88. The van der Waals surface area contributed by atoms with Gasteiger partial charge in [-0.25, -0.2) is 10.1 Å². The molecule has 0 radical (unpaired) electrons. The zero-order valence-corrected chi connectivity index (χ0v) is 20.2. The maximum atomic E-state index is 12.2. The van der Waals surface area contributed by atoms with E-state index < -0.39 is 4.92 Å². The minimum absolute atomic E-state index is 0.00170. The Morgan fingerprint density at radius 2 is 1.81 bits per heavy atom. The van der Waals surface area contributed by atoms with Gasteiger partial charge in [-0.3, -0.25) is 14.9 Å². The molecule has 1 amide bonds. The number of hydrogen-bond acceptors (Lipinski definition) is 10. The average molecular weight is 519 g/mol. The standard InChI is InChI=1S/C24H22N8O4S/c25-31-23(28-26-14-18-8-4-5-9-21(18)36-15-17-6-2-1-3-7-17)29-30-24(31)37-16-22(33)27-19-10-12-20(13-11-19)32(34)35/h1-14H,15-16,25H2,(H,27,33)(H,28,29)/b26-14+. The number of benzene rings is 3. The molecule has 0 aliphatic heterocycles. The van der Waals surface area contributed by atoms with E-state index in [1.807, 2.05) is 54.6 Å². The van der Waals surface area contributed by atoms with Gasteiger partial charge in [-0.1, -0.05) is 54.2 Å². The first-order valence-corrected chi connectivity index (χ1v) is 11.9. The Labute approximate surface area is 215 Å². The number of nitro benzene ring substituents is 1. The first kappa shape index (κ1) is 25.2. The summed E-state index contributed by atoms with van der Waals surface area (Å²) in [6.45, 7) is 0.425. The van der Waals surface area contributed by atoms with Crippen molar-refractivity contribution in [2.24, 2.45) is 5.10 Å². The van der Waals surface area contributed by atoms with Gasteiger partial charge in [0.15, 0.2) is 0 Å². The zero-order chi connectivity index (χ0) is 26.0. The number of anilines is 2. The fraction of sp³-hybridized carbons (Fsp3) is 0.0833. The van der Waals surface area contributed by atoms with Gasteiger partial charge >= 0.3 is 0 Å². The van der Waals surface area contributed by atoms with Crippen molar-refractivity contribution in [3.05, 3.63) is 100 Å². The van der Waals surface area contributed by atoms with Crippen molar-refractivity contribution in [2.75, 3.05) is 22.3 Å². The lowest BCUT2D eigenvalue weighted by molar-refractivity contribution is -0.384. The van der Waals surface area contributed by atoms with Gasteiger partial charge in [-0.15, -0.1) is 10.2 Å². The highest BCUT2D eigenvalue weighted by atomic mass is 32.2. The largest absolute Gasteiger partial charge is 0.488 e. The van der Waals surface area contributed by atoms with Crippen molar-refractivity contribution in [1.29, 1.82) is 0 Å². The summed E-state index contributed by atoms with van der Waals surface area (Å²) < 4.78 is 7.10. The molecule has 188 valence electrons. The molecule has 13 heteroatoms. The molecule has 4 rings (SSSR count). The monoisotopic (exact) mass is 518 g/mol. The summed E-state index contributed by atoms with van der Waals surface area (Å²) in [5.41, 5.74) is 4.92. The van der Waals surface area contributed by atoms with Gasteiger partial charge in [-0.2, -0.15) is 5.10 Å². The third kappa shape index (κ3) is 7.05. The molecular weight excluding hydrogens is 496 g/mol. The van der Waals surface area contributed by atoms with Crippen LogP contribution in [0.2, 0.25) is 0 Å².